The molecule has 1 rings (SSSR count). The van der Waals surface area contributed by atoms with Gasteiger partial charge in [0.1, 0.15) is 0 Å². The molecule has 0 aliphatic heterocycles. The Morgan fingerprint density at radius 2 is 2.33 bits per heavy atom. The van der Waals surface area contributed by atoms with Crippen LogP contribution in [0.25, 0.3) is 0 Å². The van der Waals surface area contributed by atoms with E-state index in [4.69, 9.17) is 18.0 Å². The van der Waals surface area contributed by atoms with Crippen molar-refractivity contribution in [3.8, 4) is 0 Å². The Balaban J connectivity index is 2.24. The van der Waals surface area contributed by atoms with Gasteiger partial charge in [-0.15, -0.1) is 0 Å². The minimum atomic E-state index is 0.598. The van der Waals surface area contributed by atoms with Gasteiger partial charge in [0, 0.05) is 12.7 Å². The lowest BCUT2D eigenvalue weighted by Crippen LogP contribution is -2.21. The Morgan fingerprint density at radius 1 is 1.53 bits per heavy atom. The number of thiocarbonyl (C=S) groups is 1. The second-order valence-corrected chi connectivity index (χ2v) is 4.15. The van der Waals surface area contributed by atoms with Crippen molar-refractivity contribution in [1.82, 2.24) is 9.88 Å². The molecule has 0 bridgehead atoms. The predicted octanol–water partition coefficient (Wildman–Crippen LogP) is 1.58. The van der Waals surface area contributed by atoms with E-state index in [0.29, 0.717) is 4.99 Å². The van der Waals surface area contributed by atoms with Crippen LogP contribution in [0, 0.1) is 0 Å². The highest BCUT2D eigenvalue weighted by Gasteiger charge is 2.00. The number of nitrogens with two attached hydrogens (primary N) is 1. The van der Waals surface area contributed by atoms with Gasteiger partial charge < -0.3 is 10.6 Å². The molecular formula is C11H17N3S. The van der Waals surface area contributed by atoms with E-state index < -0.39 is 0 Å². The first-order chi connectivity index (χ1) is 7.18. The molecule has 0 aliphatic carbocycles. The number of aromatic nitrogens is 1. The van der Waals surface area contributed by atoms with Crippen LogP contribution in [-0.2, 0) is 6.54 Å². The molecule has 0 aliphatic rings. The van der Waals surface area contributed by atoms with Crippen molar-refractivity contribution in [1.29, 1.82) is 0 Å². The third-order valence-electron chi connectivity index (χ3n) is 2.12. The van der Waals surface area contributed by atoms with E-state index >= 15 is 0 Å². The molecule has 0 unspecified atom stereocenters. The van der Waals surface area contributed by atoms with Crippen LogP contribution in [0.2, 0.25) is 0 Å². The van der Waals surface area contributed by atoms with Gasteiger partial charge in [-0.05, 0) is 38.6 Å². The maximum atomic E-state index is 5.43. The van der Waals surface area contributed by atoms with E-state index in [1.165, 1.54) is 0 Å². The Kier molecular flexibility index (Phi) is 5.21. The largest absolute Gasteiger partial charge is 0.393 e. The minimum absolute atomic E-state index is 0.598. The average Bonchev–Trinajstić information content (AvgIpc) is 2.18. The lowest BCUT2D eigenvalue weighted by atomic mass is 10.3. The fraction of sp³-hybridized carbons (Fsp3) is 0.455. The van der Waals surface area contributed by atoms with E-state index in [2.05, 4.69) is 16.9 Å². The van der Waals surface area contributed by atoms with Crippen molar-refractivity contribution in [2.24, 2.45) is 5.73 Å². The van der Waals surface area contributed by atoms with Gasteiger partial charge in [-0.2, -0.15) is 0 Å². The van der Waals surface area contributed by atoms with Gasteiger partial charge in [0.05, 0.1) is 10.7 Å². The van der Waals surface area contributed by atoms with Gasteiger partial charge in [-0.1, -0.05) is 18.3 Å². The zero-order valence-electron chi connectivity index (χ0n) is 9.02. The molecule has 0 aromatic carbocycles. The summed E-state index contributed by atoms with van der Waals surface area (Å²) in [4.78, 5) is 7.09. The van der Waals surface area contributed by atoms with Crippen LogP contribution in [0.1, 0.15) is 18.5 Å². The van der Waals surface area contributed by atoms with Gasteiger partial charge in [-0.25, -0.2) is 0 Å². The SMILES string of the molecule is CN(CCCC(N)=S)Cc1ccccn1. The molecule has 15 heavy (non-hydrogen) atoms. The third kappa shape index (κ3) is 5.44. The first-order valence-electron chi connectivity index (χ1n) is 5.05. The molecule has 0 radical (unpaired) electrons. The van der Waals surface area contributed by atoms with Crippen LogP contribution in [0.4, 0.5) is 0 Å². The monoisotopic (exact) mass is 223 g/mol. The summed E-state index contributed by atoms with van der Waals surface area (Å²) in [5.74, 6) is 0. The Labute approximate surface area is 96.3 Å². The molecule has 2 N–H and O–H groups in total. The second-order valence-electron chi connectivity index (χ2n) is 3.63. The van der Waals surface area contributed by atoms with E-state index in [1.807, 2.05) is 24.4 Å². The summed E-state index contributed by atoms with van der Waals surface area (Å²) in [5.41, 5.74) is 6.52. The van der Waals surface area contributed by atoms with Crippen LogP contribution in [0.5, 0.6) is 0 Å². The average molecular weight is 223 g/mol. The molecule has 1 aromatic rings. The Morgan fingerprint density at radius 3 is 2.93 bits per heavy atom. The summed E-state index contributed by atoms with van der Waals surface area (Å²) < 4.78 is 0. The normalized spacial score (nSPS) is 10.5. The maximum Gasteiger partial charge on any atom is 0.0727 e. The molecule has 3 nitrogen and oxygen atoms in total. The first-order valence-corrected chi connectivity index (χ1v) is 5.46. The number of hydrogen-bond donors (Lipinski definition) is 1. The van der Waals surface area contributed by atoms with Crippen molar-refractivity contribution in [2.45, 2.75) is 19.4 Å². The van der Waals surface area contributed by atoms with Crippen molar-refractivity contribution in [2.75, 3.05) is 13.6 Å². The number of nitrogens with zero attached hydrogens (tertiary/aromatic N) is 2. The van der Waals surface area contributed by atoms with Gasteiger partial charge in [-0.3, -0.25) is 4.98 Å². The maximum absolute atomic E-state index is 5.43. The molecule has 82 valence electrons. The van der Waals surface area contributed by atoms with Gasteiger partial charge in [0.25, 0.3) is 0 Å². The molecule has 1 aromatic heterocycles. The fourth-order valence-electron chi connectivity index (χ4n) is 1.37. The van der Waals surface area contributed by atoms with Crippen LogP contribution < -0.4 is 5.73 Å². The Hall–Kier alpha value is -1.00. The quantitative estimate of drug-likeness (QED) is 0.744. The smallest absolute Gasteiger partial charge is 0.0727 e. The second kappa shape index (κ2) is 6.48. The summed E-state index contributed by atoms with van der Waals surface area (Å²) in [7, 11) is 2.08. The summed E-state index contributed by atoms with van der Waals surface area (Å²) in [5, 5.41) is 0. The van der Waals surface area contributed by atoms with E-state index in [0.717, 1.165) is 31.6 Å². The van der Waals surface area contributed by atoms with Crippen molar-refractivity contribution in [3.63, 3.8) is 0 Å². The molecule has 0 saturated heterocycles. The van der Waals surface area contributed by atoms with Gasteiger partial charge in [0.2, 0.25) is 0 Å². The van der Waals surface area contributed by atoms with Crippen LogP contribution >= 0.6 is 12.2 Å². The fourth-order valence-corrected chi connectivity index (χ4v) is 1.51. The highest BCUT2D eigenvalue weighted by atomic mass is 32.1. The molecule has 1 heterocycles. The molecule has 4 heteroatoms. The predicted molar refractivity (Wildman–Crippen MR) is 66.6 cm³/mol. The zero-order valence-corrected chi connectivity index (χ0v) is 9.83. The van der Waals surface area contributed by atoms with Crippen molar-refractivity contribution < 1.29 is 0 Å². The highest BCUT2D eigenvalue weighted by Crippen LogP contribution is 2.00. The molecular weight excluding hydrogens is 206 g/mol. The Bertz CT molecular complexity index is 300. The number of hydrogen-bond acceptors (Lipinski definition) is 3. The molecule has 0 amide bonds. The standard InChI is InChI=1S/C11H17N3S/c1-14(8-4-6-11(12)15)9-10-5-2-3-7-13-10/h2-3,5,7H,4,6,8-9H2,1H3,(H2,12,15). The highest BCUT2D eigenvalue weighted by molar-refractivity contribution is 7.80. The summed E-state index contributed by atoms with van der Waals surface area (Å²) in [6, 6.07) is 5.96. The third-order valence-corrected chi connectivity index (χ3v) is 2.33. The summed E-state index contributed by atoms with van der Waals surface area (Å²) >= 11 is 4.82. The molecule has 0 saturated carbocycles. The van der Waals surface area contributed by atoms with E-state index in [1.54, 1.807) is 0 Å². The van der Waals surface area contributed by atoms with Crippen LogP contribution in [-0.4, -0.2) is 28.5 Å². The van der Waals surface area contributed by atoms with Crippen molar-refractivity contribution >= 4 is 17.2 Å². The van der Waals surface area contributed by atoms with Crippen LogP contribution in [0.15, 0.2) is 24.4 Å². The molecule has 0 spiro atoms. The first kappa shape index (κ1) is 12.1. The lowest BCUT2D eigenvalue weighted by molar-refractivity contribution is 0.320. The summed E-state index contributed by atoms with van der Waals surface area (Å²) in [6.45, 7) is 1.87. The van der Waals surface area contributed by atoms with E-state index in [9.17, 15) is 0 Å². The van der Waals surface area contributed by atoms with Gasteiger partial charge >= 0.3 is 0 Å². The number of pyridine rings is 1. The molecule has 0 fully saturated rings. The minimum Gasteiger partial charge on any atom is -0.393 e. The lowest BCUT2D eigenvalue weighted by Gasteiger charge is -2.15. The summed E-state index contributed by atoms with van der Waals surface area (Å²) in [6.07, 6.45) is 3.65. The van der Waals surface area contributed by atoms with Crippen LogP contribution in [0.3, 0.4) is 0 Å². The van der Waals surface area contributed by atoms with E-state index in [-0.39, 0.29) is 0 Å². The zero-order chi connectivity index (χ0) is 11.1. The van der Waals surface area contributed by atoms with Gasteiger partial charge in [0.15, 0.2) is 0 Å². The molecule has 0 atom stereocenters. The topological polar surface area (TPSA) is 42.1 Å². The number of rotatable bonds is 6. The van der Waals surface area contributed by atoms with Crippen molar-refractivity contribution in [3.05, 3.63) is 30.1 Å².